The van der Waals surface area contributed by atoms with Gasteiger partial charge in [0.2, 0.25) is 0 Å². The van der Waals surface area contributed by atoms with Crippen LogP contribution in [-0.4, -0.2) is 46.3 Å². The predicted molar refractivity (Wildman–Crippen MR) is 78.0 cm³/mol. The number of alkyl halides is 1. The number of aromatic nitrogens is 2. The summed E-state index contributed by atoms with van der Waals surface area (Å²) in [6, 6.07) is 1.98. The number of nitrogens with zero attached hydrogens (tertiary/aromatic N) is 3. The summed E-state index contributed by atoms with van der Waals surface area (Å²) in [6.45, 7) is 1.59. The summed E-state index contributed by atoms with van der Waals surface area (Å²) in [5.41, 5.74) is -0.286. The zero-order valence-electron chi connectivity index (χ0n) is 12.4. The van der Waals surface area contributed by atoms with Gasteiger partial charge in [-0.15, -0.1) is 0 Å². The number of benzene rings is 1. The number of hydrogen-bond acceptors (Lipinski definition) is 4. The van der Waals surface area contributed by atoms with Gasteiger partial charge in [0.05, 0.1) is 5.54 Å². The van der Waals surface area contributed by atoms with Gasteiger partial charge >= 0.3 is 6.01 Å². The van der Waals surface area contributed by atoms with E-state index >= 15 is 0 Å². The van der Waals surface area contributed by atoms with Gasteiger partial charge in [-0.3, -0.25) is 4.90 Å². The minimum Gasteiger partial charge on any atom is -0.461 e. The van der Waals surface area contributed by atoms with E-state index in [0.29, 0.717) is 13.0 Å². The molecule has 0 radical (unpaired) electrons. The Morgan fingerprint density at radius 3 is 3.09 bits per heavy atom. The van der Waals surface area contributed by atoms with E-state index in [-0.39, 0.29) is 29.1 Å². The summed E-state index contributed by atoms with van der Waals surface area (Å²) >= 11 is 0. The minimum atomic E-state index is -0.836. The number of hydrogen-bond donors (Lipinski definition) is 0. The summed E-state index contributed by atoms with van der Waals surface area (Å²) < 4.78 is 46.3. The smallest absolute Gasteiger partial charge is 0.317 e. The number of ether oxygens (including phenoxy) is 1. The van der Waals surface area contributed by atoms with Crippen molar-refractivity contribution in [3.05, 3.63) is 30.0 Å². The largest absolute Gasteiger partial charge is 0.461 e. The van der Waals surface area contributed by atoms with Crippen LogP contribution in [-0.2, 0) is 0 Å². The van der Waals surface area contributed by atoms with Gasteiger partial charge in [-0.05, 0) is 25.5 Å². The highest BCUT2D eigenvalue weighted by molar-refractivity contribution is 5.78. The average Bonchev–Trinajstić information content (AvgIpc) is 3.01. The van der Waals surface area contributed by atoms with E-state index < -0.39 is 17.8 Å². The van der Waals surface area contributed by atoms with Crippen molar-refractivity contribution < 1.29 is 17.9 Å². The van der Waals surface area contributed by atoms with Gasteiger partial charge in [0.1, 0.15) is 24.1 Å². The highest BCUT2D eigenvalue weighted by atomic mass is 19.1. The second kappa shape index (κ2) is 5.33. The maximum absolute atomic E-state index is 13.8. The molecule has 122 valence electrons. The fourth-order valence-corrected chi connectivity index (χ4v) is 3.77. The lowest BCUT2D eigenvalue weighted by Gasteiger charge is -2.30. The fourth-order valence-electron chi connectivity index (χ4n) is 3.77. The Bertz CT molecular complexity index is 757. The van der Waals surface area contributed by atoms with Crippen LogP contribution < -0.4 is 4.74 Å². The Morgan fingerprint density at radius 2 is 2.22 bits per heavy atom. The van der Waals surface area contributed by atoms with Crippen molar-refractivity contribution in [1.29, 1.82) is 0 Å². The third kappa shape index (κ3) is 2.52. The van der Waals surface area contributed by atoms with Gasteiger partial charge in [-0.2, -0.15) is 4.98 Å². The third-order valence-electron chi connectivity index (χ3n) is 4.81. The van der Waals surface area contributed by atoms with Crippen LogP contribution in [0.5, 0.6) is 6.01 Å². The third-order valence-corrected chi connectivity index (χ3v) is 4.81. The predicted octanol–water partition coefficient (Wildman–Crippen LogP) is 2.86. The van der Waals surface area contributed by atoms with Crippen LogP contribution in [0.2, 0.25) is 0 Å². The van der Waals surface area contributed by atoms with Crippen LogP contribution in [0.15, 0.2) is 18.3 Å². The molecule has 0 unspecified atom stereocenters. The molecule has 0 aliphatic carbocycles. The van der Waals surface area contributed by atoms with E-state index in [2.05, 4.69) is 14.9 Å². The van der Waals surface area contributed by atoms with E-state index in [0.717, 1.165) is 25.5 Å². The monoisotopic (exact) mass is 323 g/mol. The van der Waals surface area contributed by atoms with E-state index in [1.165, 1.54) is 12.3 Å². The Hall–Kier alpha value is -1.89. The molecule has 0 N–H and O–H groups in total. The molecule has 1 aromatic heterocycles. The van der Waals surface area contributed by atoms with Crippen molar-refractivity contribution in [3.8, 4) is 6.01 Å². The van der Waals surface area contributed by atoms with E-state index in [4.69, 9.17) is 4.74 Å². The zero-order valence-corrected chi connectivity index (χ0v) is 12.4. The summed E-state index contributed by atoms with van der Waals surface area (Å²) in [6.07, 6.45) is 2.83. The Morgan fingerprint density at radius 1 is 1.35 bits per heavy atom. The molecule has 2 atom stereocenters. The Kier molecular flexibility index (Phi) is 3.41. The van der Waals surface area contributed by atoms with Crippen LogP contribution in [0, 0.1) is 11.6 Å². The molecule has 1 aromatic carbocycles. The van der Waals surface area contributed by atoms with Crippen molar-refractivity contribution >= 4 is 10.9 Å². The van der Waals surface area contributed by atoms with Gasteiger partial charge in [-0.25, -0.2) is 18.2 Å². The van der Waals surface area contributed by atoms with Crippen LogP contribution >= 0.6 is 0 Å². The molecule has 4 rings (SSSR count). The molecule has 0 bridgehead atoms. The van der Waals surface area contributed by atoms with Crippen molar-refractivity contribution in [2.75, 3.05) is 19.7 Å². The average molecular weight is 323 g/mol. The lowest BCUT2D eigenvalue weighted by atomic mass is 9.95. The summed E-state index contributed by atoms with van der Waals surface area (Å²) in [5.74, 6) is -1.43. The molecule has 0 spiro atoms. The van der Waals surface area contributed by atoms with Crippen LogP contribution in [0.3, 0.4) is 0 Å². The first kappa shape index (κ1) is 14.7. The highest BCUT2D eigenvalue weighted by Gasteiger charge is 2.49. The van der Waals surface area contributed by atoms with Gasteiger partial charge in [0.15, 0.2) is 5.82 Å². The topological polar surface area (TPSA) is 38.2 Å². The molecule has 7 heteroatoms. The van der Waals surface area contributed by atoms with E-state index in [1.54, 1.807) is 0 Å². The molecule has 2 fully saturated rings. The van der Waals surface area contributed by atoms with Crippen molar-refractivity contribution in [2.24, 2.45) is 0 Å². The SMILES string of the molecule is Fc1cc(F)c2nc(OC[C@@]34CCCN3C[C@H](F)C4)ncc2c1. The molecule has 2 aromatic rings. The lowest BCUT2D eigenvalue weighted by Crippen LogP contribution is -2.43. The first-order valence-electron chi connectivity index (χ1n) is 7.69. The van der Waals surface area contributed by atoms with Gasteiger partial charge in [0.25, 0.3) is 0 Å². The first-order valence-corrected chi connectivity index (χ1v) is 7.69. The summed E-state index contributed by atoms with van der Waals surface area (Å²) in [7, 11) is 0. The standard InChI is InChI=1S/C16H16F3N3O/c17-11-4-10-7-20-15(21-14(10)13(19)5-11)23-9-16-2-1-3-22(16)8-12(18)6-16/h4-5,7,12H,1-3,6,8-9H2/t12-,16+/m1/s1. The first-order chi connectivity index (χ1) is 11.1. The molecular weight excluding hydrogens is 307 g/mol. The number of fused-ring (bicyclic) bond motifs is 2. The fraction of sp³-hybridized carbons (Fsp3) is 0.500. The van der Waals surface area contributed by atoms with Gasteiger partial charge < -0.3 is 4.74 Å². The summed E-state index contributed by atoms with van der Waals surface area (Å²) in [5, 5.41) is 0.278. The number of rotatable bonds is 3. The molecule has 2 aliphatic heterocycles. The maximum Gasteiger partial charge on any atom is 0.317 e. The zero-order chi connectivity index (χ0) is 16.0. The molecule has 0 amide bonds. The lowest BCUT2D eigenvalue weighted by molar-refractivity contribution is 0.107. The van der Waals surface area contributed by atoms with Crippen molar-refractivity contribution in [3.63, 3.8) is 0 Å². The quantitative estimate of drug-likeness (QED) is 0.871. The second-order valence-electron chi connectivity index (χ2n) is 6.34. The second-order valence-corrected chi connectivity index (χ2v) is 6.34. The molecule has 23 heavy (non-hydrogen) atoms. The van der Waals surface area contributed by atoms with Gasteiger partial charge in [-0.1, -0.05) is 0 Å². The van der Waals surface area contributed by atoms with Crippen molar-refractivity contribution in [2.45, 2.75) is 31.0 Å². The summed E-state index contributed by atoms with van der Waals surface area (Å²) in [4.78, 5) is 10.1. The van der Waals surface area contributed by atoms with Crippen molar-refractivity contribution in [1.82, 2.24) is 14.9 Å². The Balaban J connectivity index is 1.56. The van der Waals surface area contributed by atoms with E-state index in [9.17, 15) is 13.2 Å². The highest BCUT2D eigenvalue weighted by Crippen LogP contribution is 2.40. The van der Waals surface area contributed by atoms with Crippen LogP contribution in [0.1, 0.15) is 19.3 Å². The van der Waals surface area contributed by atoms with Crippen LogP contribution in [0.4, 0.5) is 13.2 Å². The van der Waals surface area contributed by atoms with Gasteiger partial charge in [0, 0.05) is 30.6 Å². The molecular formula is C16H16F3N3O. The van der Waals surface area contributed by atoms with E-state index in [1.807, 2.05) is 0 Å². The Labute approximate surface area is 131 Å². The molecule has 2 aliphatic rings. The normalized spacial score (nSPS) is 27.5. The maximum atomic E-state index is 13.8. The molecule has 2 saturated heterocycles. The molecule has 4 nitrogen and oxygen atoms in total. The van der Waals surface area contributed by atoms with Crippen LogP contribution in [0.25, 0.3) is 10.9 Å². The molecule has 0 saturated carbocycles. The molecule has 3 heterocycles. The minimum absolute atomic E-state index is 0.0203. The number of halogens is 3.